The minimum Gasteiger partial charge on any atom is -0.508 e. The van der Waals surface area contributed by atoms with E-state index in [2.05, 4.69) is 0 Å². The molecule has 2 fully saturated rings. The maximum absolute atomic E-state index is 12.0. The Bertz CT molecular complexity index is 964. The molecule has 0 radical (unpaired) electrons. The normalized spacial score (nSPS) is 35.1. The summed E-state index contributed by atoms with van der Waals surface area (Å²) >= 11 is 0. The number of rotatable bonds is 8. The number of phenols is 1. The molecule has 2 aromatic rings. The second-order valence-electron chi connectivity index (χ2n) is 8.20. The molecule has 0 spiro atoms. The highest BCUT2D eigenvalue weighted by atomic mass is 16.8. The number of hydrogen-bond acceptors (Lipinski definition) is 13. The van der Waals surface area contributed by atoms with E-state index >= 15 is 0 Å². The zero-order valence-corrected chi connectivity index (χ0v) is 18.2. The molecule has 2 aliphatic rings. The third kappa shape index (κ3) is 5.42. The number of ether oxygens (including phenoxy) is 5. The van der Waals surface area contributed by atoms with E-state index < -0.39 is 74.5 Å². The van der Waals surface area contributed by atoms with Crippen LogP contribution >= 0.6 is 0 Å². The van der Waals surface area contributed by atoms with Gasteiger partial charge in [0.1, 0.15) is 42.5 Å². The van der Waals surface area contributed by atoms with Crippen LogP contribution < -0.4 is 4.74 Å². The van der Waals surface area contributed by atoms with E-state index in [1.54, 1.807) is 0 Å². The number of aliphatic hydroxyl groups is 5. The molecule has 192 valence electrons. The number of phenolic OH excluding ortho intramolecular Hbond substituents is 1. The highest BCUT2D eigenvalue weighted by Crippen LogP contribution is 2.32. The van der Waals surface area contributed by atoms with Gasteiger partial charge in [-0.25, -0.2) is 4.79 Å². The molecule has 0 bridgehead atoms. The number of aromatic hydroxyl groups is 1. The average molecular weight is 498 g/mol. The first-order chi connectivity index (χ1) is 16.7. The zero-order valence-electron chi connectivity index (χ0n) is 18.2. The third-order valence-electron chi connectivity index (χ3n) is 5.69. The van der Waals surface area contributed by atoms with Crippen LogP contribution in [0.3, 0.4) is 0 Å². The van der Waals surface area contributed by atoms with Crippen LogP contribution in [0, 0.1) is 0 Å². The van der Waals surface area contributed by atoms with Crippen molar-refractivity contribution in [3.63, 3.8) is 0 Å². The highest BCUT2D eigenvalue weighted by molar-refractivity contribution is 5.86. The van der Waals surface area contributed by atoms with E-state index in [4.69, 9.17) is 28.1 Å². The Hall–Kier alpha value is -2.75. The highest BCUT2D eigenvalue weighted by Gasteiger charge is 2.54. The summed E-state index contributed by atoms with van der Waals surface area (Å²) in [5, 5.41) is 61.2. The summed E-state index contributed by atoms with van der Waals surface area (Å²) in [5.74, 6) is -0.778. The monoisotopic (exact) mass is 498 g/mol. The molecular weight excluding hydrogens is 472 g/mol. The molecule has 0 amide bonds. The second kappa shape index (κ2) is 10.5. The van der Waals surface area contributed by atoms with Gasteiger partial charge in [-0.05, 0) is 36.4 Å². The first-order valence-corrected chi connectivity index (χ1v) is 10.7. The number of benzene rings is 1. The van der Waals surface area contributed by atoms with E-state index in [1.807, 2.05) is 0 Å². The van der Waals surface area contributed by atoms with Gasteiger partial charge in [-0.2, -0.15) is 0 Å². The number of esters is 1. The number of furan rings is 1. The lowest BCUT2D eigenvalue weighted by molar-refractivity contribution is -0.318. The minimum absolute atomic E-state index is 0.0204. The van der Waals surface area contributed by atoms with Gasteiger partial charge >= 0.3 is 5.97 Å². The number of carbonyl (C=O) groups is 1. The van der Waals surface area contributed by atoms with Crippen LogP contribution in [0.5, 0.6) is 11.5 Å². The summed E-state index contributed by atoms with van der Waals surface area (Å²) < 4.78 is 32.1. The van der Waals surface area contributed by atoms with Gasteiger partial charge in [-0.3, -0.25) is 0 Å². The summed E-state index contributed by atoms with van der Waals surface area (Å²) in [7, 11) is 0. The van der Waals surface area contributed by atoms with Gasteiger partial charge in [-0.15, -0.1) is 0 Å². The van der Waals surface area contributed by atoms with Gasteiger partial charge in [0.25, 0.3) is 0 Å². The summed E-state index contributed by atoms with van der Waals surface area (Å²) in [6.45, 7) is -1.77. The lowest BCUT2D eigenvalue weighted by Gasteiger charge is -2.42. The van der Waals surface area contributed by atoms with Gasteiger partial charge in [0, 0.05) is 0 Å². The molecule has 13 heteroatoms. The minimum atomic E-state index is -2.05. The molecule has 3 heterocycles. The van der Waals surface area contributed by atoms with Crippen LogP contribution in [0.4, 0.5) is 0 Å². The molecule has 0 saturated carbocycles. The van der Waals surface area contributed by atoms with E-state index in [-0.39, 0.29) is 17.3 Å². The van der Waals surface area contributed by atoms with Crippen LogP contribution in [-0.4, -0.2) is 105 Å². The standard InChI is InChI=1S/C22H26O13/c23-8-14-15(25)16(26)17(20(34-14)33-12-5-3-11(24)4-6-12)35-21-18(27)22(29,10-32-21)9-31-19(28)13-2-1-7-30-13/h1-7,14-18,20-21,23-27,29H,8-10H2/t14-,15-,16+,17-,18+,20+,21+,22+/m1/s1. The lowest BCUT2D eigenvalue weighted by atomic mass is 9.98. The SMILES string of the molecule is O=C(OC[C@]1(O)CO[C@@H](O[C@H]2[C@@H](Oc3ccc(O)cc3)O[C@H](CO)[C@@H](O)[C@@H]2O)[C@@H]1O)c1ccco1. The molecule has 4 rings (SSSR count). The maximum atomic E-state index is 12.0. The Morgan fingerprint density at radius 2 is 1.83 bits per heavy atom. The molecule has 1 aromatic heterocycles. The molecule has 0 aliphatic carbocycles. The quantitative estimate of drug-likeness (QED) is 0.230. The molecule has 1 aromatic carbocycles. The molecule has 13 nitrogen and oxygen atoms in total. The van der Waals surface area contributed by atoms with Crippen molar-refractivity contribution in [1.82, 2.24) is 0 Å². The molecular formula is C22H26O13. The number of aliphatic hydroxyl groups excluding tert-OH is 4. The Morgan fingerprint density at radius 1 is 1.09 bits per heavy atom. The van der Waals surface area contributed by atoms with Crippen LogP contribution in [0.25, 0.3) is 0 Å². The molecule has 35 heavy (non-hydrogen) atoms. The Balaban J connectivity index is 1.44. The Kier molecular flexibility index (Phi) is 7.59. The van der Waals surface area contributed by atoms with Crippen LogP contribution in [0.2, 0.25) is 0 Å². The van der Waals surface area contributed by atoms with Gasteiger partial charge in [0.15, 0.2) is 18.0 Å². The zero-order chi connectivity index (χ0) is 25.2. The van der Waals surface area contributed by atoms with E-state index in [9.17, 15) is 35.4 Å². The van der Waals surface area contributed by atoms with Crippen molar-refractivity contribution in [3.05, 3.63) is 48.4 Å². The molecule has 6 N–H and O–H groups in total. The fraction of sp³-hybridized carbons (Fsp3) is 0.500. The molecule has 0 unspecified atom stereocenters. The van der Waals surface area contributed by atoms with Crippen LogP contribution in [0.15, 0.2) is 47.1 Å². The van der Waals surface area contributed by atoms with Crippen molar-refractivity contribution < 1.29 is 63.5 Å². The second-order valence-corrected chi connectivity index (χ2v) is 8.20. The summed E-state index contributed by atoms with van der Waals surface area (Å²) in [6.07, 6.45) is -9.27. The summed E-state index contributed by atoms with van der Waals surface area (Å²) in [6, 6.07) is 8.35. The summed E-state index contributed by atoms with van der Waals surface area (Å²) in [5.41, 5.74) is -2.05. The van der Waals surface area contributed by atoms with E-state index in [0.717, 1.165) is 0 Å². The fourth-order valence-electron chi connectivity index (χ4n) is 3.66. The van der Waals surface area contributed by atoms with Crippen molar-refractivity contribution in [1.29, 1.82) is 0 Å². The van der Waals surface area contributed by atoms with Crippen molar-refractivity contribution >= 4 is 5.97 Å². The smallest absolute Gasteiger partial charge is 0.374 e. The number of hydrogen-bond donors (Lipinski definition) is 6. The maximum Gasteiger partial charge on any atom is 0.374 e. The van der Waals surface area contributed by atoms with Crippen molar-refractivity contribution in [2.24, 2.45) is 0 Å². The van der Waals surface area contributed by atoms with E-state index in [0.29, 0.717) is 0 Å². The summed E-state index contributed by atoms with van der Waals surface area (Å²) in [4.78, 5) is 12.0. The molecule has 2 saturated heterocycles. The third-order valence-corrected chi connectivity index (χ3v) is 5.69. The first kappa shape index (κ1) is 25.3. The molecule has 2 aliphatic heterocycles. The Morgan fingerprint density at radius 3 is 2.49 bits per heavy atom. The average Bonchev–Trinajstić information content (AvgIpc) is 3.48. The van der Waals surface area contributed by atoms with Gasteiger partial charge in [0.05, 0.1) is 19.5 Å². The predicted octanol–water partition coefficient (Wildman–Crippen LogP) is -1.51. The van der Waals surface area contributed by atoms with Crippen molar-refractivity contribution in [2.75, 3.05) is 19.8 Å². The van der Waals surface area contributed by atoms with Crippen LogP contribution in [0.1, 0.15) is 10.6 Å². The molecule has 8 atom stereocenters. The predicted molar refractivity (Wildman–Crippen MR) is 111 cm³/mol. The fourth-order valence-corrected chi connectivity index (χ4v) is 3.66. The van der Waals surface area contributed by atoms with Gasteiger partial charge in [-0.1, -0.05) is 0 Å². The first-order valence-electron chi connectivity index (χ1n) is 10.7. The Labute approximate surface area is 198 Å². The number of carbonyl (C=O) groups excluding carboxylic acids is 1. The van der Waals surface area contributed by atoms with Gasteiger partial charge < -0.3 is 58.7 Å². The van der Waals surface area contributed by atoms with Crippen LogP contribution in [-0.2, 0) is 18.9 Å². The lowest BCUT2D eigenvalue weighted by Crippen LogP contribution is -2.62. The van der Waals surface area contributed by atoms with E-state index in [1.165, 1.54) is 42.7 Å². The largest absolute Gasteiger partial charge is 0.508 e. The topological polar surface area (TPSA) is 198 Å². The van der Waals surface area contributed by atoms with Crippen molar-refractivity contribution in [2.45, 2.75) is 48.7 Å². The van der Waals surface area contributed by atoms with Gasteiger partial charge in [0.2, 0.25) is 12.1 Å². The van der Waals surface area contributed by atoms with Crippen molar-refractivity contribution in [3.8, 4) is 11.5 Å².